The molecular weight excluding hydrogens is 241 g/mol. The topological polar surface area (TPSA) is 96.9 Å². The van der Waals surface area contributed by atoms with E-state index in [1.807, 2.05) is 0 Å². The maximum atomic E-state index is 13.2. The Morgan fingerprint density at radius 1 is 1.56 bits per heavy atom. The van der Waals surface area contributed by atoms with Crippen molar-refractivity contribution in [1.82, 2.24) is 0 Å². The molecule has 1 aromatic carbocycles. The molecule has 1 amide bonds. The molecule has 0 radical (unpaired) electrons. The highest BCUT2D eigenvalue weighted by molar-refractivity contribution is 6.07. The summed E-state index contributed by atoms with van der Waals surface area (Å²) in [6, 6.07) is 3.78. The average molecular weight is 255 g/mol. The predicted octanol–water partition coefficient (Wildman–Crippen LogP) is 1.16. The minimum Gasteiger partial charge on any atom is -0.497 e. The lowest BCUT2D eigenvalue weighted by molar-refractivity contribution is -0.117. The number of halogens is 1. The first kappa shape index (κ1) is 13.8. The van der Waals surface area contributed by atoms with Crippen molar-refractivity contribution in [3.8, 4) is 5.75 Å². The molecule has 0 fully saturated rings. The zero-order valence-electron chi connectivity index (χ0n) is 9.98. The number of carbonyl (C=O) groups is 1. The van der Waals surface area contributed by atoms with Crippen LogP contribution in [0.5, 0.6) is 5.75 Å². The number of ether oxygens (including phenoxy) is 1. The molecule has 0 heterocycles. The van der Waals surface area contributed by atoms with E-state index in [0.29, 0.717) is 0 Å². The highest BCUT2D eigenvalue weighted by Gasteiger charge is 2.18. The van der Waals surface area contributed by atoms with Gasteiger partial charge in [-0.05, 0) is 13.0 Å². The highest BCUT2D eigenvalue weighted by Crippen LogP contribution is 2.20. The van der Waals surface area contributed by atoms with Gasteiger partial charge in [-0.25, -0.2) is 4.39 Å². The third-order valence-electron chi connectivity index (χ3n) is 2.33. The molecule has 0 aliphatic carbocycles. The fourth-order valence-corrected chi connectivity index (χ4v) is 1.22. The number of methoxy groups -OCH3 is 1. The SMILES string of the molecule is COc1cc(F)cc(NC(=O)C(C)/C(N)=N/O)c1. The summed E-state index contributed by atoms with van der Waals surface area (Å²) < 4.78 is 18.0. The number of hydrogen-bond acceptors (Lipinski definition) is 4. The van der Waals surface area contributed by atoms with Gasteiger partial charge in [0.05, 0.1) is 13.0 Å². The lowest BCUT2D eigenvalue weighted by Gasteiger charge is -2.11. The summed E-state index contributed by atoms with van der Waals surface area (Å²) in [4.78, 5) is 11.7. The van der Waals surface area contributed by atoms with Crippen LogP contribution in [0.1, 0.15) is 6.92 Å². The molecule has 6 nitrogen and oxygen atoms in total. The third-order valence-corrected chi connectivity index (χ3v) is 2.33. The zero-order chi connectivity index (χ0) is 13.7. The van der Waals surface area contributed by atoms with Gasteiger partial charge in [0.15, 0.2) is 5.84 Å². The summed E-state index contributed by atoms with van der Waals surface area (Å²) in [5.41, 5.74) is 5.53. The van der Waals surface area contributed by atoms with Crippen LogP contribution < -0.4 is 15.8 Å². The van der Waals surface area contributed by atoms with Crippen LogP contribution in [0.15, 0.2) is 23.4 Å². The molecule has 0 bridgehead atoms. The molecule has 0 aliphatic heterocycles. The number of amidine groups is 1. The van der Waals surface area contributed by atoms with Crippen LogP contribution in [0.2, 0.25) is 0 Å². The van der Waals surface area contributed by atoms with E-state index in [4.69, 9.17) is 15.7 Å². The predicted molar refractivity (Wildman–Crippen MR) is 64.2 cm³/mol. The smallest absolute Gasteiger partial charge is 0.234 e. The Labute approximate surface area is 103 Å². The number of hydrogen-bond donors (Lipinski definition) is 3. The molecule has 18 heavy (non-hydrogen) atoms. The first-order chi connectivity index (χ1) is 8.47. The second kappa shape index (κ2) is 5.85. The maximum absolute atomic E-state index is 13.2. The number of carbonyl (C=O) groups excluding carboxylic acids is 1. The van der Waals surface area contributed by atoms with Gasteiger partial charge in [-0.2, -0.15) is 0 Å². The Bertz CT molecular complexity index is 477. The number of nitrogens with two attached hydrogens (primary N) is 1. The van der Waals surface area contributed by atoms with E-state index in [9.17, 15) is 9.18 Å². The Hall–Kier alpha value is -2.31. The molecule has 1 unspecified atom stereocenters. The number of nitrogens with one attached hydrogen (secondary N) is 1. The van der Waals surface area contributed by atoms with E-state index in [-0.39, 0.29) is 17.3 Å². The van der Waals surface area contributed by atoms with Crippen molar-refractivity contribution in [2.45, 2.75) is 6.92 Å². The Morgan fingerprint density at radius 3 is 2.78 bits per heavy atom. The van der Waals surface area contributed by atoms with Crippen molar-refractivity contribution in [2.24, 2.45) is 16.8 Å². The fourth-order valence-electron chi connectivity index (χ4n) is 1.22. The van der Waals surface area contributed by atoms with Crippen LogP contribution >= 0.6 is 0 Å². The first-order valence-corrected chi connectivity index (χ1v) is 5.10. The van der Waals surface area contributed by atoms with Gasteiger partial charge in [-0.3, -0.25) is 4.79 Å². The molecule has 4 N–H and O–H groups in total. The Morgan fingerprint density at radius 2 is 2.22 bits per heavy atom. The van der Waals surface area contributed by atoms with Gasteiger partial charge in [-0.15, -0.1) is 0 Å². The molecule has 98 valence electrons. The molecular formula is C11H14FN3O3. The minimum absolute atomic E-state index is 0.226. The monoisotopic (exact) mass is 255 g/mol. The van der Waals surface area contributed by atoms with Gasteiger partial charge in [0.1, 0.15) is 11.6 Å². The quantitative estimate of drug-likeness (QED) is 0.325. The van der Waals surface area contributed by atoms with Crippen molar-refractivity contribution in [2.75, 3.05) is 12.4 Å². The molecule has 1 aromatic rings. The molecule has 1 rings (SSSR count). The van der Waals surface area contributed by atoms with Crippen LogP contribution in [0.25, 0.3) is 0 Å². The van der Waals surface area contributed by atoms with E-state index in [0.717, 1.165) is 6.07 Å². The summed E-state index contributed by atoms with van der Waals surface area (Å²) in [6.07, 6.45) is 0. The van der Waals surface area contributed by atoms with Gasteiger partial charge in [0.2, 0.25) is 5.91 Å². The number of amides is 1. The molecule has 0 saturated heterocycles. The summed E-state index contributed by atoms with van der Waals surface area (Å²) in [5, 5.41) is 13.6. The number of rotatable bonds is 4. The second-order valence-electron chi connectivity index (χ2n) is 3.62. The van der Waals surface area contributed by atoms with E-state index < -0.39 is 17.6 Å². The summed E-state index contributed by atoms with van der Waals surface area (Å²) in [6.45, 7) is 1.46. The Kier molecular flexibility index (Phi) is 4.47. The van der Waals surface area contributed by atoms with Crippen LogP contribution in [-0.2, 0) is 4.79 Å². The zero-order valence-corrected chi connectivity index (χ0v) is 9.98. The molecule has 0 saturated carbocycles. The summed E-state index contributed by atoms with van der Waals surface area (Å²) in [5.74, 6) is -1.83. The average Bonchev–Trinajstić information content (AvgIpc) is 2.35. The molecule has 0 aromatic heterocycles. The van der Waals surface area contributed by atoms with Gasteiger partial charge < -0.3 is 21.0 Å². The van der Waals surface area contributed by atoms with Crippen molar-refractivity contribution in [3.63, 3.8) is 0 Å². The van der Waals surface area contributed by atoms with Crippen molar-refractivity contribution >= 4 is 17.4 Å². The molecule has 1 atom stereocenters. The Balaban J connectivity index is 2.85. The van der Waals surface area contributed by atoms with Crippen molar-refractivity contribution in [1.29, 1.82) is 0 Å². The second-order valence-corrected chi connectivity index (χ2v) is 3.62. The highest BCUT2D eigenvalue weighted by atomic mass is 19.1. The number of nitrogens with zero attached hydrogens (tertiary/aromatic N) is 1. The van der Waals surface area contributed by atoms with E-state index in [2.05, 4.69) is 10.5 Å². The van der Waals surface area contributed by atoms with Crippen LogP contribution in [0.4, 0.5) is 10.1 Å². The summed E-state index contributed by atoms with van der Waals surface area (Å²) >= 11 is 0. The minimum atomic E-state index is -0.829. The van der Waals surface area contributed by atoms with Gasteiger partial charge >= 0.3 is 0 Å². The lowest BCUT2D eigenvalue weighted by atomic mass is 10.1. The van der Waals surface area contributed by atoms with E-state index in [1.165, 1.54) is 26.2 Å². The van der Waals surface area contributed by atoms with Crippen LogP contribution in [0, 0.1) is 11.7 Å². The van der Waals surface area contributed by atoms with Crippen molar-refractivity contribution in [3.05, 3.63) is 24.0 Å². The van der Waals surface area contributed by atoms with Gasteiger partial charge in [0, 0.05) is 17.8 Å². The number of oxime groups is 1. The largest absolute Gasteiger partial charge is 0.497 e. The standard InChI is InChI=1S/C11H14FN3O3/c1-6(10(13)15-17)11(16)14-8-3-7(12)4-9(5-8)18-2/h3-6,17H,1-2H3,(H2,13,15)(H,14,16). The normalized spacial score (nSPS) is 12.9. The van der Waals surface area contributed by atoms with Crippen LogP contribution in [-0.4, -0.2) is 24.1 Å². The number of anilines is 1. The van der Waals surface area contributed by atoms with E-state index in [1.54, 1.807) is 0 Å². The van der Waals surface area contributed by atoms with Crippen LogP contribution in [0.3, 0.4) is 0 Å². The first-order valence-electron chi connectivity index (χ1n) is 5.10. The molecule has 0 spiro atoms. The lowest BCUT2D eigenvalue weighted by Crippen LogP contribution is -2.32. The third kappa shape index (κ3) is 3.34. The van der Waals surface area contributed by atoms with Gasteiger partial charge in [-0.1, -0.05) is 5.16 Å². The fraction of sp³-hybridized carbons (Fsp3) is 0.273. The number of benzene rings is 1. The van der Waals surface area contributed by atoms with E-state index >= 15 is 0 Å². The maximum Gasteiger partial charge on any atom is 0.234 e. The summed E-state index contributed by atoms with van der Waals surface area (Å²) in [7, 11) is 1.39. The molecule has 7 heteroatoms. The molecule has 0 aliphatic rings. The van der Waals surface area contributed by atoms with Crippen molar-refractivity contribution < 1.29 is 19.1 Å². The van der Waals surface area contributed by atoms with Gasteiger partial charge in [0.25, 0.3) is 0 Å².